The first-order chi connectivity index (χ1) is 17.5. The monoisotopic (exact) mass is 525 g/mol. The van der Waals surface area contributed by atoms with Crippen LogP contribution < -0.4 is 25.1 Å². The van der Waals surface area contributed by atoms with E-state index < -0.39 is 0 Å². The van der Waals surface area contributed by atoms with Gasteiger partial charge in [0.1, 0.15) is 10.4 Å². The molecule has 2 aromatic heterocycles. The Hall–Kier alpha value is -3.50. The Morgan fingerprint density at radius 1 is 1.00 bits per heavy atom. The molecule has 1 N–H and O–H groups in total. The fraction of sp³-hybridized carbons (Fsp3) is 0.269. The van der Waals surface area contributed by atoms with Crippen LogP contribution in [0, 0.1) is 0 Å². The number of hydrogen-bond acceptors (Lipinski definition) is 8. The minimum atomic E-state index is -0.137. The Morgan fingerprint density at radius 3 is 2.47 bits per heavy atom. The molecule has 0 saturated heterocycles. The molecule has 0 aliphatic heterocycles. The Bertz CT molecular complexity index is 1400. The number of carbonyl (C=O) groups excluding carboxylic acids is 1. The highest BCUT2D eigenvalue weighted by molar-refractivity contribution is 7.99. The van der Waals surface area contributed by atoms with E-state index in [0.717, 1.165) is 16.9 Å². The third kappa shape index (κ3) is 6.00. The minimum Gasteiger partial charge on any atom is -0.497 e. The quantitative estimate of drug-likeness (QED) is 0.233. The number of thioether (sulfide) groups is 1. The van der Waals surface area contributed by atoms with Gasteiger partial charge < -0.3 is 19.5 Å². The normalized spacial score (nSPS) is 10.9. The topological polar surface area (TPSA) is 91.7 Å². The highest BCUT2D eigenvalue weighted by Crippen LogP contribution is 2.28. The molecule has 188 valence electrons. The lowest BCUT2D eigenvalue weighted by Gasteiger charge is -2.13. The molecule has 4 rings (SSSR count). The standard InChI is InChI=1S/C26H27N3O5S2/c1-32-19-7-4-18(5-8-19)15-27-23(30)16-36-26-28-20-11-13-35-24(20)25(31)29(26)12-10-17-6-9-21(33-2)22(14-17)34-3/h4-9,11,13-14H,10,12,15-16H2,1-3H3,(H,27,30). The molecule has 0 bridgehead atoms. The number of rotatable bonds is 11. The van der Waals surface area contributed by atoms with E-state index in [1.54, 1.807) is 25.9 Å². The zero-order valence-electron chi connectivity index (χ0n) is 20.3. The van der Waals surface area contributed by atoms with E-state index >= 15 is 0 Å². The van der Waals surface area contributed by atoms with Gasteiger partial charge in [-0.3, -0.25) is 14.2 Å². The maximum Gasteiger partial charge on any atom is 0.272 e. The van der Waals surface area contributed by atoms with Crippen molar-refractivity contribution >= 4 is 39.2 Å². The molecule has 10 heteroatoms. The summed E-state index contributed by atoms with van der Waals surface area (Å²) in [7, 11) is 4.80. The van der Waals surface area contributed by atoms with Crippen molar-refractivity contribution < 1.29 is 19.0 Å². The number of thiophene rings is 1. The molecule has 0 aliphatic carbocycles. The first kappa shape index (κ1) is 25.6. The predicted molar refractivity (Wildman–Crippen MR) is 143 cm³/mol. The second kappa shape index (κ2) is 12.0. The van der Waals surface area contributed by atoms with E-state index in [4.69, 9.17) is 14.2 Å². The van der Waals surface area contributed by atoms with Crippen LogP contribution in [0.1, 0.15) is 11.1 Å². The summed E-state index contributed by atoms with van der Waals surface area (Å²) in [5.74, 6) is 2.06. The molecule has 0 unspecified atom stereocenters. The third-order valence-electron chi connectivity index (χ3n) is 5.58. The molecule has 0 aliphatic rings. The predicted octanol–water partition coefficient (Wildman–Crippen LogP) is 4.14. The van der Waals surface area contributed by atoms with Gasteiger partial charge in [0.25, 0.3) is 5.56 Å². The van der Waals surface area contributed by atoms with Gasteiger partial charge in [0.15, 0.2) is 16.7 Å². The Morgan fingerprint density at radius 2 is 1.75 bits per heavy atom. The van der Waals surface area contributed by atoms with Gasteiger partial charge in [-0.25, -0.2) is 4.98 Å². The zero-order chi connectivity index (χ0) is 25.5. The third-order valence-corrected chi connectivity index (χ3v) is 7.45. The Labute approximate surface area is 217 Å². The number of methoxy groups -OCH3 is 3. The zero-order valence-corrected chi connectivity index (χ0v) is 21.9. The van der Waals surface area contributed by atoms with Gasteiger partial charge in [-0.05, 0) is 53.3 Å². The van der Waals surface area contributed by atoms with Crippen molar-refractivity contribution in [2.24, 2.45) is 0 Å². The largest absolute Gasteiger partial charge is 0.497 e. The van der Waals surface area contributed by atoms with Crippen molar-refractivity contribution in [3.05, 3.63) is 75.4 Å². The summed E-state index contributed by atoms with van der Waals surface area (Å²) in [6.45, 7) is 0.831. The molecule has 0 radical (unpaired) electrons. The average Bonchev–Trinajstić information content (AvgIpc) is 3.39. The fourth-order valence-corrected chi connectivity index (χ4v) is 5.27. The van der Waals surface area contributed by atoms with Gasteiger partial charge in [0.2, 0.25) is 5.91 Å². The maximum absolute atomic E-state index is 13.2. The molecule has 0 atom stereocenters. The number of fused-ring (bicyclic) bond motifs is 1. The van der Waals surface area contributed by atoms with E-state index in [-0.39, 0.29) is 17.2 Å². The smallest absolute Gasteiger partial charge is 0.272 e. The van der Waals surface area contributed by atoms with Crippen LogP contribution in [0.2, 0.25) is 0 Å². The Balaban J connectivity index is 1.46. The highest BCUT2D eigenvalue weighted by atomic mass is 32.2. The van der Waals surface area contributed by atoms with Gasteiger partial charge in [0, 0.05) is 13.1 Å². The van der Waals surface area contributed by atoms with Crippen molar-refractivity contribution in [2.45, 2.75) is 24.7 Å². The van der Waals surface area contributed by atoms with Crippen molar-refractivity contribution in [1.82, 2.24) is 14.9 Å². The summed E-state index contributed by atoms with van der Waals surface area (Å²) < 4.78 is 18.1. The number of nitrogens with one attached hydrogen (secondary N) is 1. The maximum atomic E-state index is 13.2. The van der Waals surface area contributed by atoms with Gasteiger partial charge in [-0.1, -0.05) is 30.0 Å². The molecule has 4 aromatic rings. The minimum absolute atomic E-state index is 0.100. The lowest BCUT2D eigenvalue weighted by molar-refractivity contribution is -0.118. The number of hydrogen-bond donors (Lipinski definition) is 1. The average molecular weight is 526 g/mol. The summed E-state index contributed by atoms with van der Waals surface area (Å²) in [5.41, 5.74) is 2.52. The second-order valence-electron chi connectivity index (χ2n) is 7.84. The lowest BCUT2D eigenvalue weighted by Crippen LogP contribution is -2.27. The van der Waals surface area contributed by atoms with Gasteiger partial charge in [-0.2, -0.15) is 0 Å². The lowest BCUT2D eigenvalue weighted by atomic mass is 10.1. The summed E-state index contributed by atoms with van der Waals surface area (Å²) in [5, 5.41) is 5.29. The molecule has 36 heavy (non-hydrogen) atoms. The number of amides is 1. The number of aryl methyl sites for hydroxylation is 1. The van der Waals surface area contributed by atoms with Crippen LogP contribution in [-0.4, -0.2) is 42.5 Å². The molecule has 2 aromatic carbocycles. The van der Waals surface area contributed by atoms with Crippen LogP contribution >= 0.6 is 23.1 Å². The van der Waals surface area contributed by atoms with Crippen LogP contribution in [-0.2, 0) is 24.3 Å². The SMILES string of the molecule is COc1ccc(CNC(=O)CSc2nc3ccsc3c(=O)n2CCc2ccc(OC)c(OC)c2)cc1. The summed E-state index contributed by atoms with van der Waals surface area (Å²) in [4.78, 5) is 30.4. The summed E-state index contributed by atoms with van der Waals surface area (Å²) in [6.07, 6.45) is 0.593. The van der Waals surface area contributed by atoms with E-state index in [1.165, 1.54) is 23.1 Å². The molecule has 0 saturated carbocycles. The molecule has 2 heterocycles. The van der Waals surface area contributed by atoms with Gasteiger partial charge >= 0.3 is 0 Å². The van der Waals surface area contributed by atoms with Crippen molar-refractivity contribution in [3.8, 4) is 17.2 Å². The number of carbonyl (C=O) groups is 1. The van der Waals surface area contributed by atoms with E-state index in [1.807, 2.05) is 53.9 Å². The molecule has 1 amide bonds. The fourth-order valence-electron chi connectivity index (χ4n) is 3.63. The first-order valence-electron chi connectivity index (χ1n) is 11.2. The van der Waals surface area contributed by atoms with Crippen LogP contribution in [0.3, 0.4) is 0 Å². The molecule has 0 fully saturated rings. The molecule has 0 spiro atoms. The van der Waals surface area contributed by atoms with Crippen LogP contribution in [0.15, 0.2) is 63.9 Å². The van der Waals surface area contributed by atoms with Crippen molar-refractivity contribution in [2.75, 3.05) is 27.1 Å². The summed E-state index contributed by atoms with van der Waals surface area (Å²) in [6, 6.07) is 15.0. The first-order valence-corrected chi connectivity index (χ1v) is 13.1. The number of nitrogens with zero attached hydrogens (tertiary/aromatic N) is 2. The molecular formula is C26H27N3O5S2. The van der Waals surface area contributed by atoms with E-state index in [2.05, 4.69) is 10.3 Å². The molecule has 8 nitrogen and oxygen atoms in total. The van der Waals surface area contributed by atoms with Crippen LogP contribution in [0.4, 0.5) is 0 Å². The van der Waals surface area contributed by atoms with Crippen LogP contribution in [0.5, 0.6) is 17.2 Å². The van der Waals surface area contributed by atoms with Gasteiger partial charge in [0.05, 0.1) is 32.6 Å². The van der Waals surface area contributed by atoms with E-state index in [9.17, 15) is 9.59 Å². The van der Waals surface area contributed by atoms with E-state index in [0.29, 0.717) is 46.4 Å². The summed E-state index contributed by atoms with van der Waals surface area (Å²) >= 11 is 2.63. The van der Waals surface area contributed by atoms with Crippen molar-refractivity contribution in [3.63, 3.8) is 0 Å². The number of ether oxygens (including phenoxy) is 3. The Kier molecular flexibility index (Phi) is 8.50. The van der Waals surface area contributed by atoms with Crippen LogP contribution in [0.25, 0.3) is 10.2 Å². The van der Waals surface area contributed by atoms with Crippen molar-refractivity contribution in [1.29, 1.82) is 0 Å². The number of benzene rings is 2. The highest BCUT2D eigenvalue weighted by Gasteiger charge is 2.15. The second-order valence-corrected chi connectivity index (χ2v) is 9.70. The number of aromatic nitrogens is 2. The molecular weight excluding hydrogens is 498 g/mol. The van der Waals surface area contributed by atoms with Gasteiger partial charge in [-0.15, -0.1) is 11.3 Å².